The van der Waals surface area contributed by atoms with Crippen molar-refractivity contribution in [2.45, 2.75) is 32.7 Å². The molecule has 0 amide bonds. The second-order valence-electron chi connectivity index (χ2n) is 5.30. The Morgan fingerprint density at radius 3 is 3.00 bits per heavy atom. The van der Waals surface area contributed by atoms with Gasteiger partial charge in [-0.15, -0.1) is 0 Å². The number of nitrogens with zero attached hydrogens (tertiary/aromatic N) is 4. The number of aryl methyl sites for hydroxylation is 2. The Morgan fingerprint density at radius 1 is 1.47 bits per heavy atom. The summed E-state index contributed by atoms with van der Waals surface area (Å²) in [5.74, 6) is 3.86. The zero-order chi connectivity index (χ0) is 13.4. The molecule has 3 heterocycles. The van der Waals surface area contributed by atoms with Crippen LogP contribution in [0.5, 0.6) is 0 Å². The van der Waals surface area contributed by atoms with E-state index in [1.54, 1.807) is 0 Å². The molecule has 0 radical (unpaired) electrons. The number of aromatic nitrogens is 4. The van der Waals surface area contributed by atoms with Crippen LogP contribution in [0.25, 0.3) is 11.2 Å². The number of fused-ring (bicyclic) bond motifs is 1. The molecular formula is C13H21N5S. The predicted octanol–water partition coefficient (Wildman–Crippen LogP) is 2.06. The Balaban J connectivity index is 2.00. The molecule has 0 spiro atoms. The highest BCUT2D eigenvalue weighted by molar-refractivity contribution is 7.99. The summed E-state index contributed by atoms with van der Waals surface area (Å²) in [5.41, 5.74) is 9.26. The number of thioether (sulfide) groups is 1. The first-order valence-electron chi connectivity index (χ1n) is 6.96. The summed E-state index contributed by atoms with van der Waals surface area (Å²) in [6.07, 6.45) is 3.33. The Bertz CT molecular complexity index is 579. The zero-order valence-corrected chi connectivity index (χ0v) is 12.4. The monoisotopic (exact) mass is 279 g/mol. The van der Waals surface area contributed by atoms with Crippen LogP contribution >= 0.6 is 11.8 Å². The van der Waals surface area contributed by atoms with Gasteiger partial charge in [-0.1, -0.05) is 13.3 Å². The number of nitrogens with two attached hydrogens (primary N) is 1. The average Bonchev–Trinajstić information content (AvgIpc) is 3.04. The van der Waals surface area contributed by atoms with Gasteiger partial charge in [0.2, 0.25) is 5.95 Å². The maximum absolute atomic E-state index is 6.11. The Kier molecular flexibility index (Phi) is 3.43. The first kappa shape index (κ1) is 12.8. The van der Waals surface area contributed by atoms with Crippen molar-refractivity contribution in [2.75, 3.05) is 17.2 Å². The first-order valence-corrected chi connectivity index (χ1v) is 8.11. The Labute approximate surface area is 117 Å². The topological polar surface area (TPSA) is 61.7 Å². The molecule has 19 heavy (non-hydrogen) atoms. The largest absolute Gasteiger partial charge is 0.369 e. The lowest BCUT2D eigenvalue weighted by atomic mass is 10.1. The van der Waals surface area contributed by atoms with Gasteiger partial charge in [0.1, 0.15) is 5.52 Å². The van der Waals surface area contributed by atoms with Crippen molar-refractivity contribution in [3.8, 4) is 0 Å². The van der Waals surface area contributed by atoms with Crippen molar-refractivity contribution in [2.24, 2.45) is 13.0 Å². The van der Waals surface area contributed by atoms with E-state index in [2.05, 4.69) is 21.6 Å². The number of anilines is 1. The van der Waals surface area contributed by atoms with Gasteiger partial charge < -0.3 is 5.73 Å². The summed E-state index contributed by atoms with van der Waals surface area (Å²) in [6.45, 7) is 3.14. The molecule has 0 bridgehead atoms. The van der Waals surface area contributed by atoms with E-state index in [1.807, 2.05) is 23.5 Å². The maximum atomic E-state index is 6.11. The fraction of sp³-hybridized carbons (Fsp3) is 0.692. The molecule has 1 fully saturated rings. The van der Waals surface area contributed by atoms with E-state index in [0.29, 0.717) is 11.9 Å². The predicted molar refractivity (Wildman–Crippen MR) is 80.3 cm³/mol. The normalized spacial score (nSPS) is 19.6. The lowest BCUT2D eigenvalue weighted by Gasteiger charge is -2.11. The summed E-state index contributed by atoms with van der Waals surface area (Å²) in [7, 11) is 1.99. The third-order valence-electron chi connectivity index (χ3n) is 3.77. The van der Waals surface area contributed by atoms with Crippen molar-refractivity contribution >= 4 is 28.9 Å². The minimum absolute atomic E-state index is 0.636. The highest BCUT2D eigenvalue weighted by atomic mass is 32.2. The van der Waals surface area contributed by atoms with Gasteiger partial charge >= 0.3 is 0 Å². The van der Waals surface area contributed by atoms with Gasteiger partial charge in [0.15, 0.2) is 5.65 Å². The van der Waals surface area contributed by atoms with Gasteiger partial charge in [-0.2, -0.15) is 16.9 Å². The van der Waals surface area contributed by atoms with E-state index in [4.69, 9.17) is 5.73 Å². The minimum atomic E-state index is 0.636. The van der Waals surface area contributed by atoms with E-state index < -0.39 is 0 Å². The van der Waals surface area contributed by atoms with Crippen LogP contribution in [0.3, 0.4) is 0 Å². The molecule has 5 nitrogen and oxygen atoms in total. The molecule has 0 aliphatic carbocycles. The second kappa shape index (κ2) is 5.07. The van der Waals surface area contributed by atoms with E-state index in [1.165, 1.54) is 17.9 Å². The van der Waals surface area contributed by atoms with Crippen LogP contribution in [0.4, 0.5) is 5.95 Å². The van der Waals surface area contributed by atoms with Crippen molar-refractivity contribution in [1.82, 2.24) is 19.3 Å². The van der Waals surface area contributed by atoms with Gasteiger partial charge in [0.25, 0.3) is 0 Å². The van der Waals surface area contributed by atoms with Crippen LogP contribution in [0.1, 0.15) is 25.5 Å². The maximum Gasteiger partial charge on any atom is 0.202 e. The summed E-state index contributed by atoms with van der Waals surface area (Å²) in [6, 6.07) is 0. The molecule has 0 aromatic carbocycles. The van der Waals surface area contributed by atoms with Crippen LogP contribution in [0.2, 0.25) is 0 Å². The number of nitrogen functional groups attached to an aromatic ring is 1. The van der Waals surface area contributed by atoms with Crippen LogP contribution < -0.4 is 5.73 Å². The highest BCUT2D eigenvalue weighted by Gasteiger charge is 2.22. The molecular weight excluding hydrogens is 258 g/mol. The standard InChI is InChI=1S/C13H21N5S/c1-3-4-10-11-12(17(2)16-10)18(13(14)15-11)7-9-5-6-19-8-9/h9H,3-8H2,1-2H3,(H2,14,15). The van der Waals surface area contributed by atoms with Gasteiger partial charge in [0.05, 0.1) is 5.69 Å². The highest BCUT2D eigenvalue weighted by Crippen LogP contribution is 2.28. The molecule has 104 valence electrons. The molecule has 2 aromatic heterocycles. The van der Waals surface area contributed by atoms with Crippen molar-refractivity contribution in [3.63, 3.8) is 0 Å². The smallest absolute Gasteiger partial charge is 0.202 e. The molecule has 1 unspecified atom stereocenters. The quantitative estimate of drug-likeness (QED) is 0.930. The van der Waals surface area contributed by atoms with E-state index in [9.17, 15) is 0 Å². The number of hydrogen-bond acceptors (Lipinski definition) is 4. The van der Waals surface area contributed by atoms with Gasteiger partial charge in [-0.25, -0.2) is 4.98 Å². The lowest BCUT2D eigenvalue weighted by Crippen LogP contribution is -2.14. The zero-order valence-electron chi connectivity index (χ0n) is 11.6. The molecule has 2 N–H and O–H groups in total. The Hall–Kier alpha value is -1.17. The van der Waals surface area contributed by atoms with Gasteiger partial charge in [-0.05, 0) is 30.3 Å². The van der Waals surface area contributed by atoms with Crippen LogP contribution in [0.15, 0.2) is 0 Å². The van der Waals surface area contributed by atoms with E-state index in [0.717, 1.165) is 36.2 Å². The fourth-order valence-corrected chi connectivity index (χ4v) is 4.10. The second-order valence-corrected chi connectivity index (χ2v) is 6.45. The third kappa shape index (κ3) is 2.22. The molecule has 0 saturated carbocycles. The molecule has 1 aliphatic rings. The number of hydrogen-bond donors (Lipinski definition) is 1. The summed E-state index contributed by atoms with van der Waals surface area (Å²) in [4.78, 5) is 4.55. The average molecular weight is 279 g/mol. The lowest BCUT2D eigenvalue weighted by molar-refractivity contribution is 0.498. The van der Waals surface area contributed by atoms with E-state index >= 15 is 0 Å². The Morgan fingerprint density at radius 2 is 2.32 bits per heavy atom. The number of rotatable bonds is 4. The van der Waals surface area contributed by atoms with Crippen molar-refractivity contribution < 1.29 is 0 Å². The summed E-state index contributed by atoms with van der Waals surface area (Å²) in [5, 5.41) is 4.59. The molecule has 2 aromatic rings. The molecule has 1 atom stereocenters. The van der Waals surface area contributed by atoms with Crippen molar-refractivity contribution in [3.05, 3.63) is 5.69 Å². The van der Waals surface area contributed by atoms with Crippen LogP contribution in [0, 0.1) is 5.92 Å². The van der Waals surface area contributed by atoms with Crippen LogP contribution in [-0.2, 0) is 20.0 Å². The summed E-state index contributed by atoms with van der Waals surface area (Å²) < 4.78 is 4.09. The van der Waals surface area contributed by atoms with E-state index in [-0.39, 0.29) is 0 Å². The molecule has 1 saturated heterocycles. The van der Waals surface area contributed by atoms with Gasteiger partial charge in [0, 0.05) is 13.6 Å². The summed E-state index contributed by atoms with van der Waals surface area (Å²) >= 11 is 2.04. The molecule has 6 heteroatoms. The molecule has 3 rings (SSSR count). The first-order chi connectivity index (χ1) is 9.20. The third-order valence-corrected chi connectivity index (χ3v) is 5.00. The molecule has 1 aliphatic heterocycles. The minimum Gasteiger partial charge on any atom is -0.369 e. The fourth-order valence-electron chi connectivity index (χ4n) is 2.83. The SMILES string of the molecule is CCCc1nn(C)c2c1nc(N)n2CC1CCSC1. The van der Waals surface area contributed by atoms with Crippen LogP contribution in [-0.4, -0.2) is 30.8 Å². The number of imidazole rings is 1. The van der Waals surface area contributed by atoms with Gasteiger partial charge in [-0.3, -0.25) is 9.25 Å². The van der Waals surface area contributed by atoms with Crippen molar-refractivity contribution in [1.29, 1.82) is 0 Å².